The van der Waals surface area contributed by atoms with Crippen LogP contribution in [0.25, 0.3) is 11.2 Å². The predicted octanol–water partition coefficient (Wildman–Crippen LogP) is 2.23. The van der Waals surface area contributed by atoms with E-state index in [0.29, 0.717) is 35.7 Å². The van der Waals surface area contributed by atoms with Gasteiger partial charge in [-0.2, -0.15) is 9.97 Å². The molecule has 3 N–H and O–H groups in total. The van der Waals surface area contributed by atoms with Gasteiger partial charge in [0.05, 0.1) is 25.9 Å². The molecule has 0 aliphatic carbocycles. The van der Waals surface area contributed by atoms with Gasteiger partial charge in [-0.25, -0.2) is 4.79 Å². The number of nitrogens with zero attached hydrogens (tertiary/aromatic N) is 6. The lowest BCUT2D eigenvalue weighted by molar-refractivity contribution is -0.0543. The Kier molecular flexibility index (Phi) is 5.50. The number of nitrogens with two attached hydrogens (primary N) is 1. The van der Waals surface area contributed by atoms with Gasteiger partial charge >= 0.3 is 5.69 Å². The number of halogens is 1. The molecule has 1 aliphatic heterocycles. The number of ether oxygens (including phenoxy) is 1. The lowest BCUT2D eigenvalue weighted by atomic mass is 10.0. The van der Waals surface area contributed by atoms with Crippen LogP contribution >= 0.6 is 11.6 Å². The maximum atomic E-state index is 13.4. The Bertz CT molecular complexity index is 1250. The Hall–Kier alpha value is -3.24. The van der Waals surface area contributed by atoms with E-state index in [2.05, 4.69) is 9.97 Å². The average Bonchev–Trinajstić information content (AvgIpc) is 3.32. The van der Waals surface area contributed by atoms with Gasteiger partial charge in [-0.1, -0.05) is 11.6 Å². The largest absolute Gasteiger partial charge is 0.495 e. The molecule has 164 valence electrons. The molecule has 1 aliphatic rings. The minimum Gasteiger partial charge on any atom is -0.495 e. The number of imidazole rings is 1. The fourth-order valence-corrected chi connectivity index (χ4v) is 4.17. The summed E-state index contributed by atoms with van der Waals surface area (Å²) in [5.74, 6) is 0.556. The monoisotopic (exact) mass is 445 g/mol. The molecular weight excluding hydrogens is 422 g/mol. The molecule has 0 aromatic carbocycles. The fourth-order valence-electron chi connectivity index (χ4n) is 3.90. The van der Waals surface area contributed by atoms with E-state index in [1.165, 1.54) is 4.57 Å². The number of fused-ring (bicyclic) bond motifs is 1. The topological polar surface area (TPSA) is 116 Å². The molecule has 0 saturated carbocycles. The lowest BCUT2D eigenvalue weighted by Crippen LogP contribution is -2.32. The van der Waals surface area contributed by atoms with Gasteiger partial charge in [0.15, 0.2) is 10.8 Å². The average molecular weight is 446 g/mol. The van der Waals surface area contributed by atoms with Crippen molar-refractivity contribution in [3.63, 3.8) is 0 Å². The van der Waals surface area contributed by atoms with Gasteiger partial charge in [0.2, 0.25) is 5.95 Å². The number of anilines is 1. The van der Waals surface area contributed by atoms with Crippen LogP contribution in [0.2, 0.25) is 5.15 Å². The molecule has 0 radical (unpaired) electrons. The highest BCUT2D eigenvalue weighted by molar-refractivity contribution is 6.33. The Labute approximate surface area is 183 Å². The molecule has 0 fully saturated rings. The Morgan fingerprint density at radius 3 is 2.58 bits per heavy atom. The van der Waals surface area contributed by atoms with Crippen molar-refractivity contribution in [1.82, 2.24) is 28.7 Å². The van der Waals surface area contributed by atoms with E-state index < -0.39 is 0 Å². The van der Waals surface area contributed by atoms with Crippen LogP contribution in [0.1, 0.15) is 13.8 Å². The van der Waals surface area contributed by atoms with Gasteiger partial charge < -0.3 is 15.0 Å². The molecule has 0 amide bonds. The number of hydroxylamine groups is 2. The maximum absolute atomic E-state index is 13.4. The van der Waals surface area contributed by atoms with Crippen molar-refractivity contribution in [3.8, 4) is 0 Å². The van der Waals surface area contributed by atoms with Crippen molar-refractivity contribution in [2.45, 2.75) is 33.5 Å². The summed E-state index contributed by atoms with van der Waals surface area (Å²) in [6, 6.07) is 3.84. The Morgan fingerprint density at radius 1 is 1.19 bits per heavy atom. The minimum atomic E-state index is -0.279. The molecule has 4 heterocycles. The molecule has 4 rings (SSSR count). The quantitative estimate of drug-likeness (QED) is 0.559. The molecule has 0 saturated heterocycles. The summed E-state index contributed by atoms with van der Waals surface area (Å²) >= 11 is 6.37. The third kappa shape index (κ3) is 3.68. The van der Waals surface area contributed by atoms with Gasteiger partial charge in [0.25, 0.3) is 0 Å². The smallest absolute Gasteiger partial charge is 0.330 e. The first-order chi connectivity index (χ1) is 14.8. The van der Waals surface area contributed by atoms with Gasteiger partial charge in [-0.15, -0.1) is 0 Å². The Morgan fingerprint density at radius 2 is 1.90 bits per heavy atom. The van der Waals surface area contributed by atoms with Crippen LogP contribution in [0.15, 0.2) is 51.9 Å². The maximum Gasteiger partial charge on any atom is 0.330 e. The molecule has 3 aromatic heterocycles. The molecule has 10 nitrogen and oxygen atoms in total. The summed E-state index contributed by atoms with van der Waals surface area (Å²) in [6.45, 7) is 5.07. The first kappa shape index (κ1) is 21.0. The van der Waals surface area contributed by atoms with Crippen molar-refractivity contribution in [1.29, 1.82) is 0 Å². The van der Waals surface area contributed by atoms with E-state index in [1.807, 2.05) is 36.0 Å². The van der Waals surface area contributed by atoms with Crippen molar-refractivity contribution < 1.29 is 9.94 Å². The van der Waals surface area contributed by atoms with E-state index in [9.17, 15) is 10.0 Å². The van der Waals surface area contributed by atoms with E-state index >= 15 is 0 Å². The van der Waals surface area contributed by atoms with Gasteiger partial charge in [0, 0.05) is 25.5 Å². The number of hydrogen-bond acceptors (Lipinski definition) is 7. The molecular formula is C20H24ClN7O3. The predicted molar refractivity (Wildman–Crippen MR) is 117 cm³/mol. The Balaban J connectivity index is 1.82. The highest BCUT2D eigenvalue weighted by Gasteiger charge is 2.25. The SMILES string of the molecule is COC1=C(C)N(O)CC(Cn2c(=O)n(CCn3cccc3)c3c(Cl)nc(N)nc32)=C1C. The normalized spacial score (nSPS) is 14.8. The third-order valence-electron chi connectivity index (χ3n) is 5.56. The molecule has 0 bridgehead atoms. The zero-order chi connectivity index (χ0) is 22.3. The second kappa shape index (κ2) is 8.12. The number of aromatic nitrogens is 5. The van der Waals surface area contributed by atoms with E-state index in [4.69, 9.17) is 22.1 Å². The zero-order valence-corrected chi connectivity index (χ0v) is 18.3. The number of allylic oxidation sites excluding steroid dienone is 2. The van der Waals surface area contributed by atoms with Crippen LogP contribution in [0, 0.1) is 0 Å². The van der Waals surface area contributed by atoms with Crippen LogP contribution in [0.3, 0.4) is 0 Å². The van der Waals surface area contributed by atoms with Crippen LogP contribution < -0.4 is 11.4 Å². The molecule has 0 spiro atoms. The van der Waals surface area contributed by atoms with Crippen molar-refractivity contribution in [2.24, 2.45) is 0 Å². The van der Waals surface area contributed by atoms with Crippen molar-refractivity contribution in [3.05, 3.63) is 62.8 Å². The summed E-state index contributed by atoms with van der Waals surface area (Å²) in [7, 11) is 1.55. The minimum absolute atomic E-state index is 0.0136. The van der Waals surface area contributed by atoms with E-state index in [1.54, 1.807) is 18.6 Å². The standard InChI is InChI=1S/C20H24ClN7O3/c1-12-14(11-28(30)13(2)16(12)31-3)10-27-18-15(17(21)23-19(22)24-18)26(20(27)29)9-8-25-6-4-5-7-25/h4-7,30H,8-11H2,1-3H3,(H2,22,23,24). The second-order valence-electron chi connectivity index (χ2n) is 7.39. The first-order valence-electron chi connectivity index (χ1n) is 9.75. The highest BCUT2D eigenvalue weighted by atomic mass is 35.5. The van der Waals surface area contributed by atoms with E-state index in [0.717, 1.165) is 16.2 Å². The first-order valence-corrected chi connectivity index (χ1v) is 10.1. The second-order valence-corrected chi connectivity index (χ2v) is 7.75. The number of aryl methyl sites for hydroxylation is 2. The van der Waals surface area contributed by atoms with Crippen LogP contribution in [-0.4, -0.2) is 47.6 Å². The van der Waals surface area contributed by atoms with Gasteiger partial charge in [-0.3, -0.25) is 19.4 Å². The molecule has 0 unspecified atom stereocenters. The molecule has 0 atom stereocenters. The van der Waals surface area contributed by atoms with Crippen molar-refractivity contribution in [2.75, 3.05) is 19.4 Å². The van der Waals surface area contributed by atoms with Gasteiger partial charge in [0.1, 0.15) is 11.3 Å². The number of nitrogen functional groups attached to an aromatic ring is 1. The zero-order valence-electron chi connectivity index (χ0n) is 17.5. The summed E-state index contributed by atoms with van der Waals surface area (Å²) in [6.07, 6.45) is 3.85. The number of hydrogen-bond donors (Lipinski definition) is 2. The van der Waals surface area contributed by atoms with Crippen LogP contribution in [0.4, 0.5) is 5.95 Å². The summed E-state index contributed by atoms with van der Waals surface area (Å²) in [4.78, 5) is 21.7. The highest BCUT2D eigenvalue weighted by Crippen LogP contribution is 2.28. The van der Waals surface area contributed by atoms with E-state index in [-0.39, 0.29) is 29.9 Å². The summed E-state index contributed by atoms with van der Waals surface area (Å²) in [5, 5.41) is 11.5. The summed E-state index contributed by atoms with van der Waals surface area (Å²) < 4.78 is 10.5. The summed E-state index contributed by atoms with van der Waals surface area (Å²) in [5.41, 5.74) is 8.61. The fraction of sp³-hybridized carbons (Fsp3) is 0.350. The number of rotatable bonds is 6. The molecule has 3 aromatic rings. The number of methoxy groups -OCH3 is 1. The molecule has 11 heteroatoms. The third-order valence-corrected chi connectivity index (χ3v) is 5.82. The lowest BCUT2D eigenvalue weighted by Gasteiger charge is -2.29. The van der Waals surface area contributed by atoms with Gasteiger partial charge in [-0.05, 0) is 37.1 Å². The molecule has 31 heavy (non-hydrogen) atoms. The van der Waals surface area contributed by atoms with Crippen LogP contribution in [0.5, 0.6) is 0 Å². The van der Waals surface area contributed by atoms with Crippen molar-refractivity contribution >= 4 is 28.7 Å². The van der Waals surface area contributed by atoms with Crippen LogP contribution in [-0.2, 0) is 24.4 Å².